The largest absolute Gasteiger partial charge is 0.379 e. The maximum Gasteiger partial charge on any atom is 0.287 e. The molecule has 2 aromatic rings. The van der Waals surface area contributed by atoms with Gasteiger partial charge in [-0.05, 0) is 30.5 Å². The molecule has 1 saturated heterocycles. The van der Waals surface area contributed by atoms with Gasteiger partial charge in [-0.2, -0.15) is 0 Å². The van der Waals surface area contributed by atoms with Gasteiger partial charge in [-0.3, -0.25) is 4.79 Å². The molecule has 1 amide bonds. The Labute approximate surface area is 127 Å². The highest BCUT2D eigenvalue weighted by molar-refractivity contribution is 6.30. The molecule has 0 aliphatic carbocycles. The summed E-state index contributed by atoms with van der Waals surface area (Å²) in [6.45, 7) is 1.34. The van der Waals surface area contributed by atoms with Crippen LogP contribution in [0.15, 0.2) is 30.5 Å². The van der Waals surface area contributed by atoms with Crippen molar-refractivity contribution in [2.75, 3.05) is 13.2 Å². The Bertz CT molecular complexity index is 618. The van der Waals surface area contributed by atoms with E-state index in [0.717, 1.165) is 30.7 Å². The van der Waals surface area contributed by atoms with Gasteiger partial charge in [-0.25, -0.2) is 4.98 Å². The first-order valence-electron chi connectivity index (χ1n) is 6.92. The number of halogens is 1. The van der Waals surface area contributed by atoms with E-state index in [9.17, 15) is 4.79 Å². The van der Waals surface area contributed by atoms with Crippen molar-refractivity contribution in [3.63, 3.8) is 0 Å². The topological polar surface area (TPSA) is 67.0 Å². The second-order valence-electron chi connectivity index (χ2n) is 5.04. The molecule has 2 N–H and O–H groups in total. The molecule has 21 heavy (non-hydrogen) atoms. The Morgan fingerprint density at radius 3 is 2.90 bits per heavy atom. The maximum atomic E-state index is 12.1. The number of amides is 1. The Hall–Kier alpha value is -1.85. The number of imidazole rings is 1. The van der Waals surface area contributed by atoms with Crippen LogP contribution >= 0.6 is 11.6 Å². The van der Waals surface area contributed by atoms with Crippen molar-refractivity contribution in [3.8, 4) is 11.3 Å². The number of benzene rings is 1. The first-order valence-corrected chi connectivity index (χ1v) is 7.30. The Morgan fingerprint density at radius 2 is 2.19 bits per heavy atom. The predicted octanol–water partition coefficient (Wildman–Crippen LogP) is 2.64. The van der Waals surface area contributed by atoms with Gasteiger partial charge in [0.1, 0.15) is 0 Å². The fraction of sp³-hybridized carbons (Fsp3) is 0.333. The third-order valence-corrected chi connectivity index (χ3v) is 3.69. The van der Waals surface area contributed by atoms with Crippen LogP contribution in [0.1, 0.15) is 23.5 Å². The highest BCUT2D eigenvalue weighted by Crippen LogP contribution is 2.19. The van der Waals surface area contributed by atoms with Gasteiger partial charge >= 0.3 is 0 Å². The third kappa shape index (κ3) is 3.43. The summed E-state index contributed by atoms with van der Waals surface area (Å²) in [6, 6.07) is 7.43. The number of carbonyl (C=O) groups excluding carboxylic acids is 1. The van der Waals surface area contributed by atoms with E-state index in [1.54, 1.807) is 18.3 Å². The molecule has 0 bridgehead atoms. The molecule has 1 aliphatic rings. The zero-order valence-corrected chi connectivity index (χ0v) is 12.2. The summed E-state index contributed by atoms with van der Waals surface area (Å²) in [5.74, 6) is 0.108. The fourth-order valence-electron chi connectivity index (χ4n) is 2.32. The Balaban J connectivity index is 1.69. The van der Waals surface area contributed by atoms with Crippen LogP contribution in [-0.2, 0) is 4.74 Å². The molecule has 110 valence electrons. The molecular weight excluding hydrogens is 290 g/mol. The fourth-order valence-corrected chi connectivity index (χ4v) is 2.45. The summed E-state index contributed by atoms with van der Waals surface area (Å²) >= 11 is 5.86. The smallest absolute Gasteiger partial charge is 0.287 e. The van der Waals surface area contributed by atoms with Crippen LogP contribution < -0.4 is 5.32 Å². The minimum absolute atomic E-state index is 0.0651. The standard InChI is InChI=1S/C15H16ClN3O2/c16-11-5-3-10(4-6-11)13-8-17-14(19-13)15(20)18-12-2-1-7-21-9-12/h3-6,8,12H,1-2,7,9H2,(H,17,19)(H,18,20)/t12-/m1/s1. The quantitative estimate of drug-likeness (QED) is 0.916. The van der Waals surface area contributed by atoms with E-state index in [1.807, 2.05) is 12.1 Å². The SMILES string of the molecule is O=C(N[C@@H]1CCCOC1)c1ncc(-c2ccc(Cl)cc2)[nH]1. The summed E-state index contributed by atoms with van der Waals surface area (Å²) in [5.41, 5.74) is 1.73. The molecule has 1 aromatic heterocycles. The highest BCUT2D eigenvalue weighted by atomic mass is 35.5. The molecule has 2 heterocycles. The van der Waals surface area contributed by atoms with E-state index in [0.29, 0.717) is 17.5 Å². The van der Waals surface area contributed by atoms with E-state index < -0.39 is 0 Å². The Kier molecular flexibility index (Phi) is 4.22. The minimum atomic E-state index is -0.203. The molecule has 0 radical (unpaired) electrons. The summed E-state index contributed by atoms with van der Waals surface area (Å²) in [7, 11) is 0. The molecular formula is C15H16ClN3O2. The summed E-state index contributed by atoms with van der Waals surface area (Å²) in [4.78, 5) is 19.3. The third-order valence-electron chi connectivity index (χ3n) is 3.44. The lowest BCUT2D eigenvalue weighted by Crippen LogP contribution is -2.41. The number of ether oxygens (including phenoxy) is 1. The molecule has 1 fully saturated rings. The van der Waals surface area contributed by atoms with E-state index in [2.05, 4.69) is 15.3 Å². The van der Waals surface area contributed by atoms with Crippen LogP contribution in [0.3, 0.4) is 0 Å². The lowest BCUT2D eigenvalue weighted by Gasteiger charge is -2.22. The second-order valence-corrected chi connectivity index (χ2v) is 5.48. The van der Waals surface area contributed by atoms with Crippen LogP contribution in [-0.4, -0.2) is 35.1 Å². The zero-order valence-electron chi connectivity index (χ0n) is 11.4. The van der Waals surface area contributed by atoms with Crippen LogP contribution in [0.2, 0.25) is 5.02 Å². The summed E-state index contributed by atoms with van der Waals surface area (Å²) in [6.07, 6.45) is 3.56. The first-order chi connectivity index (χ1) is 10.2. The van der Waals surface area contributed by atoms with E-state index >= 15 is 0 Å². The monoisotopic (exact) mass is 305 g/mol. The van der Waals surface area contributed by atoms with Crippen LogP contribution in [0.4, 0.5) is 0 Å². The minimum Gasteiger partial charge on any atom is -0.379 e. The van der Waals surface area contributed by atoms with Gasteiger partial charge in [0.25, 0.3) is 5.91 Å². The highest BCUT2D eigenvalue weighted by Gasteiger charge is 2.19. The van der Waals surface area contributed by atoms with Gasteiger partial charge in [-0.1, -0.05) is 23.7 Å². The normalized spacial score (nSPS) is 18.4. The van der Waals surface area contributed by atoms with Crippen molar-refractivity contribution >= 4 is 17.5 Å². The molecule has 3 rings (SSSR count). The number of hydrogen-bond donors (Lipinski definition) is 2. The number of hydrogen-bond acceptors (Lipinski definition) is 3. The van der Waals surface area contributed by atoms with Crippen molar-refractivity contribution in [3.05, 3.63) is 41.3 Å². The van der Waals surface area contributed by atoms with E-state index in [4.69, 9.17) is 16.3 Å². The van der Waals surface area contributed by atoms with Gasteiger partial charge in [0.2, 0.25) is 0 Å². The molecule has 1 aliphatic heterocycles. The van der Waals surface area contributed by atoms with Crippen molar-refractivity contribution in [2.45, 2.75) is 18.9 Å². The van der Waals surface area contributed by atoms with Gasteiger partial charge < -0.3 is 15.0 Å². The summed E-state index contributed by atoms with van der Waals surface area (Å²) in [5, 5.41) is 3.60. The van der Waals surface area contributed by atoms with Gasteiger partial charge in [0.15, 0.2) is 5.82 Å². The first kappa shape index (κ1) is 14.1. The lowest BCUT2D eigenvalue weighted by molar-refractivity contribution is 0.0620. The Morgan fingerprint density at radius 1 is 1.38 bits per heavy atom. The van der Waals surface area contributed by atoms with Crippen LogP contribution in [0, 0.1) is 0 Å². The molecule has 1 atom stereocenters. The molecule has 1 aromatic carbocycles. The predicted molar refractivity (Wildman–Crippen MR) is 80.3 cm³/mol. The van der Waals surface area contributed by atoms with Crippen molar-refractivity contribution in [1.82, 2.24) is 15.3 Å². The number of nitrogens with zero attached hydrogens (tertiary/aromatic N) is 1. The average Bonchev–Trinajstić information content (AvgIpc) is 2.99. The van der Waals surface area contributed by atoms with Crippen molar-refractivity contribution < 1.29 is 9.53 Å². The molecule has 0 unspecified atom stereocenters. The zero-order chi connectivity index (χ0) is 14.7. The number of H-pyrrole nitrogens is 1. The molecule has 6 heteroatoms. The van der Waals surface area contributed by atoms with Crippen molar-refractivity contribution in [2.24, 2.45) is 0 Å². The number of carbonyl (C=O) groups is 1. The second kappa shape index (κ2) is 6.28. The average molecular weight is 306 g/mol. The van der Waals surface area contributed by atoms with E-state index in [-0.39, 0.29) is 11.9 Å². The van der Waals surface area contributed by atoms with Crippen LogP contribution in [0.5, 0.6) is 0 Å². The van der Waals surface area contributed by atoms with E-state index in [1.165, 1.54) is 0 Å². The summed E-state index contributed by atoms with van der Waals surface area (Å²) < 4.78 is 5.35. The lowest BCUT2D eigenvalue weighted by atomic mass is 10.1. The van der Waals surface area contributed by atoms with Crippen LogP contribution in [0.25, 0.3) is 11.3 Å². The number of aromatic nitrogens is 2. The van der Waals surface area contributed by atoms with Crippen molar-refractivity contribution in [1.29, 1.82) is 0 Å². The molecule has 0 spiro atoms. The number of rotatable bonds is 3. The molecule has 0 saturated carbocycles. The number of nitrogens with one attached hydrogen (secondary N) is 2. The van der Waals surface area contributed by atoms with Gasteiger partial charge in [-0.15, -0.1) is 0 Å². The van der Waals surface area contributed by atoms with Gasteiger partial charge in [0, 0.05) is 11.6 Å². The van der Waals surface area contributed by atoms with Gasteiger partial charge in [0.05, 0.1) is 24.5 Å². The molecule has 5 nitrogen and oxygen atoms in total. The maximum absolute atomic E-state index is 12.1. The number of aromatic amines is 1.